The van der Waals surface area contributed by atoms with E-state index < -0.39 is 0 Å². The molecule has 0 atom stereocenters. The van der Waals surface area contributed by atoms with Gasteiger partial charge in [0.1, 0.15) is 5.82 Å². The fraction of sp³-hybridized carbons (Fsp3) is 0.467. The molecule has 0 saturated heterocycles. The SMILES string of the molecule is Cc1nc(CN(CCO)C2CC2)nc2ccccc12. The number of hydrogen-bond acceptors (Lipinski definition) is 4. The lowest BCUT2D eigenvalue weighted by Crippen LogP contribution is -2.29. The van der Waals surface area contributed by atoms with Gasteiger partial charge in [-0.1, -0.05) is 18.2 Å². The highest BCUT2D eigenvalue weighted by atomic mass is 16.3. The van der Waals surface area contributed by atoms with Gasteiger partial charge in [0, 0.05) is 23.7 Å². The normalized spacial score (nSPS) is 15.3. The summed E-state index contributed by atoms with van der Waals surface area (Å²) in [6.07, 6.45) is 2.46. The molecule has 2 aromatic rings. The lowest BCUT2D eigenvalue weighted by Gasteiger charge is -2.20. The Morgan fingerprint density at radius 2 is 2.05 bits per heavy atom. The van der Waals surface area contributed by atoms with Crippen LogP contribution in [-0.2, 0) is 6.54 Å². The minimum Gasteiger partial charge on any atom is -0.395 e. The molecule has 1 aliphatic rings. The number of para-hydroxylation sites is 1. The Bertz CT molecular complexity index is 581. The first-order valence-electron chi connectivity index (χ1n) is 6.85. The minimum absolute atomic E-state index is 0.197. The van der Waals surface area contributed by atoms with Gasteiger partial charge in [-0.05, 0) is 25.8 Å². The molecule has 100 valence electrons. The summed E-state index contributed by atoms with van der Waals surface area (Å²) in [5, 5.41) is 10.3. The first-order valence-corrected chi connectivity index (χ1v) is 6.85. The predicted octanol–water partition coefficient (Wildman–Crippen LogP) is 1.89. The van der Waals surface area contributed by atoms with Gasteiger partial charge in [-0.2, -0.15) is 0 Å². The van der Waals surface area contributed by atoms with Crippen LogP contribution in [0.1, 0.15) is 24.4 Å². The topological polar surface area (TPSA) is 49.2 Å². The van der Waals surface area contributed by atoms with Crippen molar-refractivity contribution < 1.29 is 5.11 Å². The number of fused-ring (bicyclic) bond motifs is 1. The lowest BCUT2D eigenvalue weighted by atomic mass is 10.2. The van der Waals surface area contributed by atoms with Crippen molar-refractivity contribution in [2.75, 3.05) is 13.2 Å². The Labute approximate surface area is 113 Å². The van der Waals surface area contributed by atoms with Crippen molar-refractivity contribution in [3.05, 3.63) is 35.8 Å². The van der Waals surface area contributed by atoms with Crippen LogP contribution in [0, 0.1) is 6.92 Å². The van der Waals surface area contributed by atoms with Crippen molar-refractivity contribution in [1.82, 2.24) is 14.9 Å². The molecule has 0 spiro atoms. The van der Waals surface area contributed by atoms with E-state index >= 15 is 0 Å². The number of aryl methyl sites for hydroxylation is 1. The van der Waals surface area contributed by atoms with Crippen molar-refractivity contribution >= 4 is 10.9 Å². The summed E-state index contributed by atoms with van der Waals surface area (Å²) in [4.78, 5) is 11.5. The molecule has 4 nitrogen and oxygen atoms in total. The van der Waals surface area contributed by atoms with E-state index in [1.165, 1.54) is 12.8 Å². The van der Waals surface area contributed by atoms with E-state index in [1.807, 2.05) is 25.1 Å². The Morgan fingerprint density at radius 1 is 1.26 bits per heavy atom. The third kappa shape index (κ3) is 2.74. The summed E-state index contributed by atoms with van der Waals surface area (Å²) in [7, 11) is 0. The van der Waals surface area contributed by atoms with Gasteiger partial charge in [-0.15, -0.1) is 0 Å². The van der Waals surface area contributed by atoms with Crippen LogP contribution in [0.4, 0.5) is 0 Å². The van der Waals surface area contributed by atoms with Crippen molar-refractivity contribution in [2.45, 2.75) is 32.4 Å². The zero-order chi connectivity index (χ0) is 13.2. The number of benzene rings is 1. The smallest absolute Gasteiger partial charge is 0.143 e. The second kappa shape index (κ2) is 5.23. The molecule has 0 aliphatic heterocycles. The van der Waals surface area contributed by atoms with Crippen LogP contribution in [0.3, 0.4) is 0 Å². The summed E-state index contributed by atoms with van der Waals surface area (Å²) in [6.45, 7) is 3.67. The molecular formula is C15H19N3O. The Hall–Kier alpha value is -1.52. The van der Waals surface area contributed by atoms with Gasteiger partial charge in [0.15, 0.2) is 0 Å². The maximum Gasteiger partial charge on any atom is 0.143 e. The fourth-order valence-electron chi connectivity index (χ4n) is 2.51. The summed E-state index contributed by atoms with van der Waals surface area (Å²) >= 11 is 0. The first-order chi connectivity index (χ1) is 9.28. The van der Waals surface area contributed by atoms with Crippen LogP contribution in [0.2, 0.25) is 0 Å². The zero-order valence-electron chi connectivity index (χ0n) is 11.2. The van der Waals surface area contributed by atoms with Crippen LogP contribution in [0.5, 0.6) is 0 Å². The fourth-order valence-corrected chi connectivity index (χ4v) is 2.51. The standard InChI is InChI=1S/C15H19N3O/c1-11-13-4-2-3-5-14(13)17-15(16-11)10-18(8-9-19)12-6-7-12/h2-5,12,19H,6-10H2,1H3. The van der Waals surface area contributed by atoms with Crippen molar-refractivity contribution in [2.24, 2.45) is 0 Å². The Balaban J connectivity index is 1.87. The zero-order valence-corrected chi connectivity index (χ0v) is 11.2. The number of rotatable bonds is 5. The highest BCUT2D eigenvalue weighted by Gasteiger charge is 2.29. The second-order valence-electron chi connectivity index (χ2n) is 5.17. The molecule has 3 rings (SSSR count). The molecule has 0 bridgehead atoms. The summed E-state index contributed by atoms with van der Waals surface area (Å²) in [6, 6.07) is 8.72. The van der Waals surface area contributed by atoms with Crippen molar-refractivity contribution in [1.29, 1.82) is 0 Å². The van der Waals surface area contributed by atoms with Gasteiger partial charge in [-0.3, -0.25) is 4.90 Å². The van der Waals surface area contributed by atoms with Crippen molar-refractivity contribution in [3.8, 4) is 0 Å². The molecule has 0 amide bonds. The number of aromatic nitrogens is 2. The molecule has 1 heterocycles. The van der Waals surface area contributed by atoms with Crippen molar-refractivity contribution in [3.63, 3.8) is 0 Å². The molecule has 19 heavy (non-hydrogen) atoms. The molecule has 1 aromatic heterocycles. The lowest BCUT2D eigenvalue weighted by molar-refractivity contribution is 0.180. The van der Waals surface area contributed by atoms with E-state index in [4.69, 9.17) is 5.11 Å². The van der Waals surface area contributed by atoms with Crippen LogP contribution in [0.25, 0.3) is 10.9 Å². The summed E-state index contributed by atoms with van der Waals surface area (Å²) < 4.78 is 0. The number of aliphatic hydroxyl groups is 1. The van der Waals surface area contributed by atoms with Gasteiger partial charge in [0.25, 0.3) is 0 Å². The van der Waals surface area contributed by atoms with Crippen LogP contribution in [0.15, 0.2) is 24.3 Å². The maximum absolute atomic E-state index is 9.14. The van der Waals surface area contributed by atoms with Crippen LogP contribution < -0.4 is 0 Å². The van der Waals surface area contributed by atoms with Crippen LogP contribution >= 0.6 is 0 Å². The van der Waals surface area contributed by atoms with Gasteiger partial charge in [-0.25, -0.2) is 9.97 Å². The highest BCUT2D eigenvalue weighted by molar-refractivity contribution is 5.80. The number of aliphatic hydroxyl groups excluding tert-OH is 1. The van der Waals surface area contributed by atoms with Crippen LogP contribution in [-0.4, -0.2) is 39.2 Å². The molecule has 4 heteroatoms. The number of hydrogen-bond donors (Lipinski definition) is 1. The highest BCUT2D eigenvalue weighted by Crippen LogP contribution is 2.27. The molecule has 1 aliphatic carbocycles. The third-order valence-corrected chi connectivity index (χ3v) is 3.64. The van der Waals surface area contributed by atoms with E-state index in [-0.39, 0.29) is 6.61 Å². The van der Waals surface area contributed by atoms with E-state index in [0.29, 0.717) is 12.6 Å². The monoisotopic (exact) mass is 257 g/mol. The van der Waals surface area contributed by atoms with Gasteiger partial charge in [0.2, 0.25) is 0 Å². The first kappa shape index (κ1) is 12.5. The second-order valence-corrected chi connectivity index (χ2v) is 5.17. The molecule has 1 aromatic carbocycles. The maximum atomic E-state index is 9.14. The van der Waals surface area contributed by atoms with Gasteiger partial charge < -0.3 is 5.11 Å². The average Bonchev–Trinajstić information content (AvgIpc) is 3.23. The molecule has 1 N–H and O–H groups in total. The third-order valence-electron chi connectivity index (χ3n) is 3.64. The van der Waals surface area contributed by atoms with Gasteiger partial charge >= 0.3 is 0 Å². The molecule has 0 unspecified atom stereocenters. The quantitative estimate of drug-likeness (QED) is 0.888. The predicted molar refractivity (Wildman–Crippen MR) is 74.8 cm³/mol. The molecular weight excluding hydrogens is 238 g/mol. The van der Waals surface area contributed by atoms with E-state index in [9.17, 15) is 0 Å². The summed E-state index contributed by atoms with van der Waals surface area (Å²) in [5.74, 6) is 0.858. The van der Waals surface area contributed by atoms with E-state index in [0.717, 1.165) is 29.0 Å². The largest absolute Gasteiger partial charge is 0.395 e. The van der Waals surface area contributed by atoms with Gasteiger partial charge in [0.05, 0.1) is 18.7 Å². The Morgan fingerprint density at radius 3 is 2.79 bits per heavy atom. The average molecular weight is 257 g/mol. The molecule has 0 radical (unpaired) electrons. The molecule has 1 fully saturated rings. The minimum atomic E-state index is 0.197. The summed E-state index contributed by atoms with van der Waals surface area (Å²) in [5.41, 5.74) is 2.03. The molecule has 1 saturated carbocycles. The number of nitrogens with zero attached hydrogens (tertiary/aromatic N) is 3. The Kier molecular flexibility index (Phi) is 3.44. The van der Waals surface area contributed by atoms with E-state index in [2.05, 4.69) is 20.9 Å². The van der Waals surface area contributed by atoms with E-state index in [1.54, 1.807) is 0 Å².